The fraction of sp³-hybridized carbons (Fsp3) is 0.571. The second kappa shape index (κ2) is 10.3. The van der Waals surface area contributed by atoms with E-state index in [1.54, 1.807) is 0 Å². The lowest BCUT2D eigenvalue weighted by Crippen LogP contribution is -2.10. The summed E-state index contributed by atoms with van der Waals surface area (Å²) >= 11 is 0. The molecule has 108 valence electrons. The van der Waals surface area contributed by atoms with E-state index in [-0.39, 0.29) is 12.2 Å². The molecule has 0 fully saturated rings. The molecule has 0 aliphatic carbocycles. The molecule has 0 spiro atoms. The van der Waals surface area contributed by atoms with Gasteiger partial charge in [-0.2, -0.15) is 0 Å². The molecule has 0 bridgehead atoms. The van der Waals surface area contributed by atoms with Crippen molar-refractivity contribution in [3.63, 3.8) is 0 Å². The van der Waals surface area contributed by atoms with E-state index in [0.29, 0.717) is 31.6 Å². The van der Waals surface area contributed by atoms with Crippen molar-refractivity contribution in [1.82, 2.24) is 0 Å². The number of rotatable bonds is 10. The molecule has 0 atom stereocenters. The van der Waals surface area contributed by atoms with Crippen molar-refractivity contribution in [3.8, 4) is 0 Å². The van der Waals surface area contributed by atoms with E-state index in [4.69, 9.17) is 14.6 Å². The lowest BCUT2D eigenvalue weighted by atomic mass is 10.1. The Morgan fingerprint density at radius 1 is 1.32 bits per heavy atom. The zero-order valence-electron chi connectivity index (χ0n) is 11.6. The number of carbonyl (C=O) groups is 2. The van der Waals surface area contributed by atoms with Crippen LogP contribution in [0.25, 0.3) is 0 Å². The summed E-state index contributed by atoms with van der Waals surface area (Å²) in [5.41, 5.74) is 0.815. The van der Waals surface area contributed by atoms with E-state index in [1.165, 1.54) is 6.92 Å². The van der Waals surface area contributed by atoms with Gasteiger partial charge in [0.25, 0.3) is 0 Å². The first-order valence-electron chi connectivity index (χ1n) is 6.31. The Morgan fingerprint density at radius 2 is 2.00 bits per heavy atom. The first-order valence-corrected chi connectivity index (χ1v) is 6.31. The van der Waals surface area contributed by atoms with Gasteiger partial charge in [0.2, 0.25) is 0 Å². The Labute approximate surface area is 113 Å². The summed E-state index contributed by atoms with van der Waals surface area (Å²) in [5, 5.41) is 8.97. The van der Waals surface area contributed by atoms with Crippen LogP contribution in [0, 0.1) is 0 Å². The first kappa shape index (κ1) is 17.4. The predicted molar refractivity (Wildman–Crippen MR) is 71.8 cm³/mol. The fourth-order valence-electron chi connectivity index (χ4n) is 1.37. The van der Waals surface area contributed by atoms with Crippen LogP contribution < -0.4 is 0 Å². The van der Waals surface area contributed by atoms with Crippen molar-refractivity contribution in [2.24, 2.45) is 0 Å². The summed E-state index contributed by atoms with van der Waals surface area (Å²) in [7, 11) is 0. The zero-order chi connectivity index (χ0) is 14.7. The molecule has 0 radical (unpaired) electrons. The van der Waals surface area contributed by atoms with Gasteiger partial charge in [0.15, 0.2) is 0 Å². The van der Waals surface area contributed by atoms with Gasteiger partial charge in [-0.3, -0.25) is 0 Å². The minimum atomic E-state index is -1.00. The Hall–Kier alpha value is -1.62. The molecule has 19 heavy (non-hydrogen) atoms. The van der Waals surface area contributed by atoms with Crippen molar-refractivity contribution in [2.75, 3.05) is 19.8 Å². The summed E-state index contributed by atoms with van der Waals surface area (Å²) in [6, 6.07) is 0. The number of aliphatic carboxylic acids is 1. The van der Waals surface area contributed by atoms with Crippen molar-refractivity contribution in [3.05, 3.63) is 23.8 Å². The van der Waals surface area contributed by atoms with Crippen LogP contribution in [0.4, 0.5) is 0 Å². The fourth-order valence-corrected chi connectivity index (χ4v) is 1.37. The molecule has 0 aliphatic heterocycles. The third-order valence-electron chi connectivity index (χ3n) is 2.52. The molecule has 0 rings (SSSR count). The summed E-state index contributed by atoms with van der Waals surface area (Å²) in [6.45, 7) is 8.07. The molecule has 0 unspecified atom stereocenters. The van der Waals surface area contributed by atoms with Crippen LogP contribution in [0.15, 0.2) is 23.8 Å². The monoisotopic (exact) mass is 270 g/mol. The third kappa shape index (κ3) is 8.15. The SMILES string of the molecule is C=CC(=O)OCC(CCCOCCC)=C(C)C(=O)O. The van der Waals surface area contributed by atoms with Crippen molar-refractivity contribution in [1.29, 1.82) is 0 Å². The first-order chi connectivity index (χ1) is 9.02. The molecule has 0 aromatic heterocycles. The average molecular weight is 270 g/mol. The summed E-state index contributed by atoms with van der Waals surface area (Å²) in [5.74, 6) is -1.56. The van der Waals surface area contributed by atoms with Crippen LogP contribution in [-0.2, 0) is 19.1 Å². The summed E-state index contributed by atoms with van der Waals surface area (Å²) in [4.78, 5) is 21.9. The van der Waals surface area contributed by atoms with Crippen molar-refractivity contribution in [2.45, 2.75) is 33.1 Å². The molecule has 0 amide bonds. The van der Waals surface area contributed by atoms with E-state index in [0.717, 1.165) is 12.5 Å². The molecule has 0 aromatic carbocycles. The molecule has 0 saturated heterocycles. The number of esters is 1. The number of carboxylic acids is 1. The van der Waals surface area contributed by atoms with Crippen molar-refractivity contribution < 1.29 is 24.2 Å². The standard InChI is InChI=1S/C14H22O5/c1-4-8-18-9-6-7-12(11(3)14(16)17)10-19-13(15)5-2/h5H,2,4,6-10H2,1,3H3,(H,16,17). The number of carboxylic acid groups (broad SMARTS) is 1. The minimum absolute atomic E-state index is 0.0171. The highest BCUT2D eigenvalue weighted by Gasteiger charge is 2.11. The smallest absolute Gasteiger partial charge is 0.331 e. The third-order valence-corrected chi connectivity index (χ3v) is 2.52. The molecule has 1 N–H and O–H groups in total. The van der Waals surface area contributed by atoms with E-state index < -0.39 is 11.9 Å². The van der Waals surface area contributed by atoms with Crippen LogP contribution in [0.1, 0.15) is 33.1 Å². The van der Waals surface area contributed by atoms with Gasteiger partial charge in [0.1, 0.15) is 6.61 Å². The Morgan fingerprint density at radius 3 is 2.53 bits per heavy atom. The Balaban J connectivity index is 4.36. The Bertz CT molecular complexity index is 344. The highest BCUT2D eigenvalue weighted by Crippen LogP contribution is 2.13. The normalized spacial score (nSPS) is 11.7. The molecule has 0 saturated carbocycles. The van der Waals surface area contributed by atoms with Gasteiger partial charge >= 0.3 is 11.9 Å². The van der Waals surface area contributed by atoms with Gasteiger partial charge in [-0.25, -0.2) is 9.59 Å². The second-order valence-electron chi connectivity index (χ2n) is 4.06. The van der Waals surface area contributed by atoms with Crippen LogP contribution in [0.3, 0.4) is 0 Å². The highest BCUT2D eigenvalue weighted by molar-refractivity contribution is 5.87. The number of hydrogen-bond acceptors (Lipinski definition) is 4. The Kier molecular flexibility index (Phi) is 9.44. The topological polar surface area (TPSA) is 72.8 Å². The van der Waals surface area contributed by atoms with Crippen LogP contribution in [0.2, 0.25) is 0 Å². The van der Waals surface area contributed by atoms with E-state index in [2.05, 4.69) is 6.58 Å². The lowest BCUT2D eigenvalue weighted by Gasteiger charge is -2.10. The predicted octanol–water partition coefficient (Wildman–Crippen LogP) is 2.32. The summed E-state index contributed by atoms with van der Waals surface area (Å²) < 4.78 is 10.2. The molecule has 0 aliphatic rings. The van der Waals surface area contributed by atoms with E-state index in [1.807, 2.05) is 6.92 Å². The molecule has 5 nitrogen and oxygen atoms in total. The minimum Gasteiger partial charge on any atom is -0.478 e. The lowest BCUT2D eigenvalue weighted by molar-refractivity contribution is -0.137. The van der Waals surface area contributed by atoms with Crippen LogP contribution in [-0.4, -0.2) is 36.9 Å². The van der Waals surface area contributed by atoms with Gasteiger partial charge in [0, 0.05) is 24.9 Å². The average Bonchev–Trinajstić information content (AvgIpc) is 2.40. The van der Waals surface area contributed by atoms with Gasteiger partial charge in [-0.15, -0.1) is 0 Å². The van der Waals surface area contributed by atoms with Gasteiger partial charge < -0.3 is 14.6 Å². The van der Waals surface area contributed by atoms with Gasteiger partial charge in [-0.1, -0.05) is 13.5 Å². The molecule has 0 heterocycles. The van der Waals surface area contributed by atoms with Crippen molar-refractivity contribution >= 4 is 11.9 Å². The zero-order valence-corrected chi connectivity index (χ0v) is 11.6. The van der Waals surface area contributed by atoms with Crippen LogP contribution in [0.5, 0.6) is 0 Å². The van der Waals surface area contributed by atoms with Gasteiger partial charge in [-0.05, 0) is 31.8 Å². The van der Waals surface area contributed by atoms with E-state index in [9.17, 15) is 9.59 Å². The van der Waals surface area contributed by atoms with E-state index >= 15 is 0 Å². The highest BCUT2D eigenvalue weighted by atomic mass is 16.5. The molecular weight excluding hydrogens is 248 g/mol. The van der Waals surface area contributed by atoms with Gasteiger partial charge in [0.05, 0.1) is 0 Å². The largest absolute Gasteiger partial charge is 0.478 e. The van der Waals surface area contributed by atoms with Crippen LogP contribution >= 0.6 is 0 Å². The maximum Gasteiger partial charge on any atom is 0.331 e. The second-order valence-corrected chi connectivity index (χ2v) is 4.06. The number of hydrogen-bond donors (Lipinski definition) is 1. The number of carbonyl (C=O) groups excluding carboxylic acids is 1. The maximum atomic E-state index is 11.0. The molecule has 5 heteroatoms. The molecular formula is C14H22O5. The quantitative estimate of drug-likeness (QED) is 0.374. The maximum absolute atomic E-state index is 11.0. The number of ether oxygens (including phenoxy) is 2. The summed E-state index contributed by atoms with van der Waals surface area (Å²) in [6.07, 6.45) is 3.24. The molecule has 0 aromatic rings.